The Kier molecular flexibility index (Phi) is 6.59. The van der Waals surface area contributed by atoms with Gasteiger partial charge in [0.05, 0.1) is 19.9 Å². The molecule has 1 saturated heterocycles. The van der Waals surface area contributed by atoms with Crippen LogP contribution in [-0.4, -0.2) is 73.2 Å². The topological polar surface area (TPSA) is 104 Å². The number of ether oxygens (including phenoxy) is 2. The number of aromatic amines is 1. The summed E-state index contributed by atoms with van der Waals surface area (Å²) in [5.74, 6) is -1.00. The second-order valence-electron chi connectivity index (χ2n) is 8.40. The number of fused-ring (bicyclic) bond motifs is 1. The molecule has 9 heteroatoms. The number of urea groups is 1. The number of nitrogens with one attached hydrogen (secondary N) is 1. The van der Waals surface area contributed by atoms with E-state index >= 15 is 0 Å². The van der Waals surface area contributed by atoms with E-state index < -0.39 is 23.8 Å². The Bertz CT molecular complexity index is 1300. The molecule has 0 bridgehead atoms. The van der Waals surface area contributed by atoms with Crippen LogP contribution < -0.4 is 9.47 Å². The van der Waals surface area contributed by atoms with Gasteiger partial charge in [0.1, 0.15) is 11.5 Å². The number of aromatic nitrogens is 1. The molecule has 0 unspecified atom stereocenters. The molecule has 0 atom stereocenters. The number of aliphatic imine (C=N–C) groups is 1. The van der Waals surface area contributed by atoms with Crippen LogP contribution in [0.3, 0.4) is 0 Å². The lowest BCUT2D eigenvalue weighted by molar-refractivity contribution is -0.144. The summed E-state index contributed by atoms with van der Waals surface area (Å²) in [5.41, 5.74) is 4.04. The van der Waals surface area contributed by atoms with Crippen molar-refractivity contribution in [3.8, 4) is 11.5 Å². The van der Waals surface area contributed by atoms with Crippen molar-refractivity contribution in [1.82, 2.24) is 14.8 Å². The molecule has 1 fully saturated rings. The molecule has 2 aromatic carbocycles. The molecule has 1 N–H and O–H groups in total. The summed E-state index contributed by atoms with van der Waals surface area (Å²) in [6.45, 7) is 2.34. The Morgan fingerprint density at radius 3 is 2.14 bits per heavy atom. The maximum atomic E-state index is 13.1. The highest BCUT2D eigenvalue weighted by atomic mass is 16.5. The fourth-order valence-electron chi connectivity index (χ4n) is 4.35. The molecule has 1 aliphatic heterocycles. The summed E-state index contributed by atoms with van der Waals surface area (Å²) in [7, 11) is 5.93. The predicted molar refractivity (Wildman–Crippen MR) is 132 cm³/mol. The van der Waals surface area contributed by atoms with Crippen LogP contribution in [0.4, 0.5) is 4.79 Å². The van der Waals surface area contributed by atoms with Crippen LogP contribution in [0, 0.1) is 12.8 Å². The van der Waals surface area contributed by atoms with Gasteiger partial charge in [0, 0.05) is 37.2 Å². The van der Waals surface area contributed by atoms with E-state index in [-0.39, 0.29) is 0 Å². The molecule has 4 rings (SSSR count). The van der Waals surface area contributed by atoms with Crippen molar-refractivity contribution in [2.45, 2.75) is 13.3 Å². The van der Waals surface area contributed by atoms with Crippen molar-refractivity contribution in [3.63, 3.8) is 0 Å². The molecule has 3 aromatic rings. The summed E-state index contributed by atoms with van der Waals surface area (Å²) in [6.07, 6.45) is 0.582. The first kappa shape index (κ1) is 24.0. The van der Waals surface area contributed by atoms with Gasteiger partial charge in [0.15, 0.2) is 5.92 Å². The van der Waals surface area contributed by atoms with E-state index in [0.717, 1.165) is 37.7 Å². The van der Waals surface area contributed by atoms with Gasteiger partial charge in [-0.1, -0.05) is 0 Å². The van der Waals surface area contributed by atoms with Gasteiger partial charge in [0.25, 0.3) is 0 Å². The first-order valence-electron chi connectivity index (χ1n) is 11.2. The quantitative estimate of drug-likeness (QED) is 0.417. The summed E-state index contributed by atoms with van der Waals surface area (Å²) in [4.78, 5) is 48.4. The highest BCUT2D eigenvalue weighted by molar-refractivity contribution is 6.30. The average Bonchev–Trinajstić information content (AvgIpc) is 3.19. The van der Waals surface area contributed by atoms with E-state index in [0.29, 0.717) is 30.0 Å². The second-order valence-corrected chi connectivity index (χ2v) is 8.40. The number of benzene rings is 2. The zero-order valence-corrected chi connectivity index (χ0v) is 20.4. The first-order chi connectivity index (χ1) is 16.8. The van der Waals surface area contributed by atoms with E-state index in [1.54, 1.807) is 38.5 Å². The Morgan fingerprint density at radius 2 is 1.54 bits per heavy atom. The lowest BCUT2D eigenvalue weighted by Gasteiger charge is -2.33. The number of amides is 4. The number of carbonyl (C=O) groups is 3. The predicted octanol–water partition coefficient (Wildman–Crippen LogP) is 3.19. The molecule has 9 nitrogen and oxygen atoms in total. The van der Waals surface area contributed by atoms with Gasteiger partial charge >= 0.3 is 6.03 Å². The third-order valence-corrected chi connectivity index (χ3v) is 6.36. The number of carbonyl (C=O) groups excluding carboxylic acids is 3. The minimum atomic E-state index is -1.21. The van der Waals surface area contributed by atoms with Gasteiger partial charge in [-0.05, 0) is 66.9 Å². The molecule has 2 heterocycles. The van der Waals surface area contributed by atoms with E-state index in [1.165, 1.54) is 14.1 Å². The number of hydrogen-bond acceptors (Lipinski definition) is 6. The molecule has 4 amide bonds. The van der Waals surface area contributed by atoms with Crippen molar-refractivity contribution in [2.75, 3.05) is 34.9 Å². The number of H-pyrrole nitrogens is 1. The minimum Gasteiger partial charge on any atom is -0.497 e. The lowest BCUT2D eigenvalue weighted by atomic mass is 9.92. The zero-order valence-electron chi connectivity index (χ0n) is 20.4. The van der Waals surface area contributed by atoms with E-state index in [4.69, 9.17) is 14.5 Å². The Hall–Kier alpha value is -4.14. The van der Waals surface area contributed by atoms with Gasteiger partial charge in [-0.25, -0.2) is 4.79 Å². The number of aryl methyl sites for hydroxylation is 1. The zero-order chi connectivity index (χ0) is 25.3. The number of barbiturate groups is 1. The largest absolute Gasteiger partial charge is 0.497 e. The van der Waals surface area contributed by atoms with E-state index in [2.05, 4.69) is 4.98 Å². The van der Waals surface area contributed by atoms with Crippen LogP contribution in [0.2, 0.25) is 0 Å². The number of methoxy groups -OCH3 is 2. The number of rotatable bonds is 7. The molecule has 0 spiro atoms. The highest BCUT2D eigenvalue weighted by Gasteiger charge is 2.45. The van der Waals surface area contributed by atoms with Gasteiger partial charge in [-0.3, -0.25) is 24.4 Å². The minimum absolute atomic E-state index is 0.323. The Morgan fingerprint density at radius 1 is 0.943 bits per heavy atom. The third-order valence-electron chi connectivity index (χ3n) is 6.36. The van der Waals surface area contributed by atoms with Gasteiger partial charge in [-0.2, -0.15) is 0 Å². The van der Waals surface area contributed by atoms with Crippen LogP contribution in [0.5, 0.6) is 11.5 Å². The third kappa shape index (κ3) is 4.37. The SMILES string of the molecule is COc1ccc(C(=NCCc2c(C)[nH]c3ccc(OC)cc23)C2C(=O)N(C)C(=O)N(C)C2=O)cc1. The highest BCUT2D eigenvalue weighted by Crippen LogP contribution is 2.27. The normalized spacial score (nSPS) is 15.3. The average molecular weight is 477 g/mol. The number of hydrogen-bond donors (Lipinski definition) is 1. The summed E-state index contributed by atoms with van der Waals surface area (Å²) < 4.78 is 10.6. The maximum Gasteiger partial charge on any atom is 0.332 e. The molecule has 182 valence electrons. The van der Waals surface area contributed by atoms with Crippen molar-refractivity contribution in [1.29, 1.82) is 0 Å². The van der Waals surface area contributed by atoms with Crippen LogP contribution in [0.15, 0.2) is 47.5 Å². The smallest absolute Gasteiger partial charge is 0.332 e. The van der Waals surface area contributed by atoms with Crippen LogP contribution in [0.25, 0.3) is 10.9 Å². The molecule has 0 saturated carbocycles. The van der Waals surface area contributed by atoms with E-state index in [9.17, 15) is 14.4 Å². The fraction of sp³-hybridized carbons (Fsp3) is 0.308. The summed E-state index contributed by atoms with van der Waals surface area (Å²) in [6, 6.07) is 12.2. The van der Waals surface area contributed by atoms with Crippen molar-refractivity contribution in [2.24, 2.45) is 10.9 Å². The molecular weight excluding hydrogens is 448 g/mol. The Labute approximate surface area is 203 Å². The van der Waals surface area contributed by atoms with E-state index in [1.807, 2.05) is 25.1 Å². The lowest BCUT2D eigenvalue weighted by Crippen LogP contribution is -2.59. The molecule has 1 aromatic heterocycles. The molecular formula is C26H28N4O5. The molecule has 1 aliphatic rings. The van der Waals surface area contributed by atoms with Crippen molar-refractivity contribution < 1.29 is 23.9 Å². The molecule has 0 aliphatic carbocycles. The van der Waals surface area contributed by atoms with Crippen LogP contribution in [0.1, 0.15) is 16.8 Å². The van der Waals surface area contributed by atoms with Crippen molar-refractivity contribution >= 4 is 34.5 Å². The number of nitrogens with zero attached hydrogens (tertiary/aromatic N) is 3. The standard InChI is InChI=1S/C26H28N4O5/c1-15-19(20-14-18(35-5)10-11-21(20)28-15)12-13-27-23(16-6-8-17(34-4)9-7-16)22-24(31)29(2)26(33)30(3)25(22)32/h6-11,14,22,28H,12-13H2,1-5H3. The second kappa shape index (κ2) is 9.61. The molecule has 0 radical (unpaired) electrons. The monoisotopic (exact) mass is 476 g/mol. The first-order valence-corrected chi connectivity index (χ1v) is 11.2. The van der Waals surface area contributed by atoms with Gasteiger partial charge in [0.2, 0.25) is 11.8 Å². The Balaban J connectivity index is 1.72. The molecule has 35 heavy (non-hydrogen) atoms. The van der Waals surface area contributed by atoms with Crippen LogP contribution >= 0.6 is 0 Å². The van der Waals surface area contributed by atoms with Crippen molar-refractivity contribution in [3.05, 3.63) is 59.3 Å². The fourth-order valence-corrected chi connectivity index (χ4v) is 4.35. The summed E-state index contributed by atoms with van der Waals surface area (Å²) >= 11 is 0. The number of imide groups is 2. The maximum absolute atomic E-state index is 13.1. The van der Waals surface area contributed by atoms with Gasteiger partial charge < -0.3 is 14.5 Å². The van der Waals surface area contributed by atoms with Crippen LogP contribution in [-0.2, 0) is 16.0 Å². The van der Waals surface area contributed by atoms with Gasteiger partial charge in [-0.15, -0.1) is 0 Å². The summed E-state index contributed by atoms with van der Waals surface area (Å²) in [5, 5.41) is 1.04.